The Labute approximate surface area is 197 Å². The molecule has 0 spiro atoms. The Balaban J connectivity index is 1.44. The number of amides is 1. The van der Waals surface area contributed by atoms with E-state index in [1.807, 2.05) is 9.58 Å². The lowest BCUT2D eigenvalue weighted by molar-refractivity contribution is 0.102. The second kappa shape index (κ2) is 8.91. The van der Waals surface area contributed by atoms with Gasteiger partial charge >= 0.3 is 0 Å². The van der Waals surface area contributed by atoms with Crippen molar-refractivity contribution in [2.24, 2.45) is 5.73 Å². The van der Waals surface area contributed by atoms with Gasteiger partial charge in [-0.25, -0.2) is 22.8 Å². The molecule has 1 amide bonds. The Hall–Kier alpha value is -3.12. The van der Waals surface area contributed by atoms with Crippen LogP contribution in [-0.4, -0.2) is 46.0 Å². The van der Waals surface area contributed by atoms with Gasteiger partial charge < -0.3 is 21.7 Å². The highest BCUT2D eigenvalue weighted by Gasteiger charge is 2.33. The number of thiazole rings is 1. The second-order valence-corrected chi connectivity index (χ2v) is 9.70. The number of anilines is 3. The summed E-state index contributed by atoms with van der Waals surface area (Å²) in [5, 5.41) is 7.19. The van der Waals surface area contributed by atoms with Crippen molar-refractivity contribution in [2.45, 2.75) is 43.9 Å². The van der Waals surface area contributed by atoms with E-state index in [1.54, 1.807) is 0 Å². The minimum absolute atomic E-state index is 0.0239. The number of nitrogens with one attached hydrogen (secondary N) is 1. The van der Waals surface area contributed by atoms with E-state index in [0.717, 1.165) is 36.3 Å². The number of halogens is 3. The molecule has 1 saturated carbocycles. The van der Waals surface area contributed by atoms with E-state index in [4.69, 9.17) is 11.5 Å². The van der Waals surface area contributed by atoms with E-state index < -0.39 is 23.7 Å². The van der Waals surface area contributed by atoms with Gasteiger partial charge in [-0.1, -0.05) is 17.4 Å². The molecule has 0 radical (unpaired) electrons. The van der Waals surface area contributed by atoms with Gasteiger partial charge in [-0.15, -0.1) is 0 Å². The molecule has 1 aromatic carbocycles. The summed E-state index contributed by atoms with van der Waals surface area (Å²) in [6, 6.07) is 3.42. The molecule has 8 nitrogen and oxygen atoms in total. The molecule has 5 rings (SSSR count). The predicted molar refractivity (Wildman–Crippen MR) is 125 cm³/mol. The van der Waals surface area contributed by atoms with Crippen molar-refractivity contribution in [3.05, 3.63) is 41.7 Å². The maximum atomic E-state index is 14.5. The number of carbonyl (C=O) groups is 1. The van der Waals surface area contributed by atoms with Crippen molar-refractivity contribution in [3.63, 3.8) is 0 Å². The maximum Gasteiger partial charge on any atom is 0.277 e. The van der Waals surface area contributed by atoms with E-state index in [2.05, 4.69) is 15.4 Å². The normalized spacial score (nSPS) is 20.9. The number of nitrogens with zero attached hydrogens (tertiary/aromatic N) is 4. The fraction of sp³-hybridized carbons (Fsp3) is 0.409. The summed E-state index contributed by atoms with van der Waals surface area (Å²) >= 11 is 0.821. The molecule has 1 aliphatic carbocycles. The summed E-state index contributed by atoms with van der Waals surface area (Å²) in [4.78, 5) is 19.1. The molecule has 5 N–H and O–H groups in total. The van der Waals surface area contributed by atoms with Gasteiger partial charge in [0.1, 0.15) is 33.5 Å². The summed E-state index contributed by atoms with van der Waals surface area (Å²) in [6.45, 7) is 0.670. The highest BCUT2D eigenvalue weighted by molar-refractivity contribution is 7.19. The minimum Gasteiger partial charge on any atom is -0.389 e. The number of nitrogens with two attached hydrogens (primary N) is 2. The van der Waals surface area contributed by atoms with E-state index in [0.29, 0.717) is 24.5 Å². The van der Waals surface area contributed by atoms with Crippen molar-refractivity contribution >= 4 is 33.8 Å². The van der Waals surface area contributed by atoms with Gasteiger partial charge in [0, 0.05) is 12.6 Å². The number of rotatable bonds is 5. The molecule has 2 fully saturated rings. The molecule has 12 heteroatoms. The third-order valence-electron chi connectivity index (χ3n) is 6.00. The standard InChI is InChI=1S/C22H24F3N7OS/c23-11-8-12(26)6-7-31(10-11)22-16(9-28-32(22)13-4-5-13)29-20(33)18-19(27)34-21(30-18)17-14(24)2-1-3-15(17)25/h1-3,9,11-13H,4-8,10,26-27H2,(H,29,33)/t11-,12+/m1/s1. The average Bonchev–Trinajstić information content (AvgIpc) is 3.47. The Morgan fingerprint density at radius 1 is 1.21 bits per heavy atom. The maximum absolute atomic E-state index is 14.5. The highest BCUT2D eigenvalue weighted by Crippen LogP contribution is 2.41. The predicted octanol–water partition coefficient (Wildman–Crippen LogP) is 3.72. The van der Waals surface area contributed by atoms with Gasteiger partial charge in [0.15, 0.2) is 11.5 Å². The van der Waals surface area contributed by atoms with Gasteiger partial charge in [0.05, 0.1) is 24.3 Å². The third-order valence-corrected chi connectivity index (χ3v) is 6.90. The third kappa shape index (κ3) is 4.34. The number of nitrogen functional groups attached to an aromatic ring is 1. The van der Waals surface area contributed by atoms with Crippen LogP contribution < -0.4 is 21.7 Å². The van der Waals surface area contributed by atoms with Crippen LogP contribution in [0.15, 0.2) is 24.4 Å². The topological polar surface area (TPSA) is 115 Å². The van der Waals surface area contributed by atoms with Crippen LogP contribution >= 0.6 is 11.3 Å². The van der Waals surface area contributed by atoms with Crippen molar-refractivity contribution in [1.29, 1.82) is 0 Å². The first kappa shape index (κ1) is 22.7. The molecular formula is C22H24F3N7OS. The lowest BCUT2D eigenvalue weighted by Gasteiger charge is -2.25. The number of aromatic nitrogens is 3. The van der Waals surface area contributed by atoms with Gasteiger partial charge in [-0.05, 0) is 37.8 Å². The first-order chi connectivity index (χ1) is 16.3. The first-order valence-electron chi connectivity index (χ1n) is 11.1. The summed E-state index contributed by atoms with van der Waals surface area (Å²) < 4.78 is 44.7. The average molecular weight is 492 g/mol. The number of hydrogen-bond acceptors (Lipinski definition) is 7. The smallest absolute Gasteiger partial charge is 0.277 e. The van der Waals surface area contributed by atoms with E-state index in [9.17, 15) is 18.0 Å². The Morgan fingerprint density at radius 2 is 1.94 bits per heavy atom. The molecule has 0 bridgehead atoms. The van der Waals surface area contributed by atoms with Gasteiger partial charge in [-0.2, -0.15) is 5.10 Å². The van der Waals surface area contributed by atoms with Crippen molar-refractivity contribution < 1.29 is 18.0 Å². The summed E-state index contributed by atoms with van der Waals surface area (Å²) in [5.74, 6) is -1.62. The lowest BCUT2D eigenvalue weighted by Crippen LogP contribution is -2.32. The summed E-state index contributed by atoms with van der Waals surface area (Å²) in [7, 11) is 0. The lowest BCUT2D eigenvalue weighted by atomic mass is 10.1. The molecule has 34 heavy (non-hydrogen) atoms. The Kier molecular flexibility index (Phi) is 5.94. The van der Waals surface area contributed by atoms with Gasteiger partial charge in [0.25, 0.3) is 5.91 Å². The molecule has 2 aromatic heterocycles. The van der Waals surface area contributed by atoms with E-state index in [1.165, 1.54) is 12.3 Å². The molecule has 180 valence electrons. The summed E-state index contributed by atoms with van der Waals surface area (Å²) in [6.07, 6.45) is 3.21. The second-order valence-electron chi connectivity index (χ2n) is 8.67. The molecule has 1 saturated heterocycles. The number of carbonyl (C=O) groups excluding carboxylic acids is 1. The van der Waals surface area contributed by atoms with Crippen LogP contribution in [0.3, 0.4) is 0 Å². The molecule has 0 unspecified atom stereocenters. The molecule has 1 aliphatic heterocycles. The monoisotopic (exact) mass is 491 g/mol. The molecule has 3 heterocycles. The zero-order valence-corrected chi connectivity index (χ0v) is 19.0. The zero-order chi connectivity index (χ0) is 24.0. The quantitative estimate of drug-likeness (QED) is 0.501. The fourth-order valence-electron chi connectivity index (χ4n) is 4.20. The molecule has 3 aromatic rings. The molecular weight excluding hydrogens is 467 g/mol. The SMILES string of the molecule is Nc1sc(-c2c(F)cccc2F)nc1C(=O)Nc1cnn(C2CC2)c1N1CC[C@H](N)C[C@@H](F)C1. The van der Waals surface area contributed by atoms with Crippen molar-refractivity contribution in [1.82, 2.24) is 14.8 Å². The summed E-state index contributed by atoms with van der Waals surface area (Å²) in [5.41, 5.74) is 11.9. The zero-order valence-electron chi connectivity index (χ0n) is 18.2. The van der Waals surface area contributed by atoms with Gasteiger partial charge in [-0.3, -0.25) is 4.79 Å². The van der Waals surface area contributed by atoms with E-state index in [-0.39, 0.29) is 46.3 Å². The van der Waals surface area contributed by atoms with Gasteiger partial charge in [0.2, 0.25) is 0 Å². The molecule has 2 atom stereocenters. The van der Waals surface area contributed by atoms with Crippen LogP contribution in [0, 0.1) is 11.6 Å². The number of alkyl halides is 1. The van der Waals surface area contributed by atoms with E-state index >= 15 is 0 Å². The largest absolute Gasteiger partial charge is 0.389 e. The van der Waals surface area contributed by atoms with Crippen molar-refractivity contribution in [3.8, 4) is 10.6 Å². The highest BCUT2D eigenvalue weighted by atomic mass is 32.1. The number of hydrogen-bond donors (Lipinski definition) is 3. The van der Waals surface area contributed by atoms with Crippen molar-refractivity contribution in [2.75, 3.05) is 29.0 Å². The van der Waals surface area contributed by atoms with Crippen LogP contribution in [0.25, 0.3) is 10.6 Å². The Bertz CT molecular complexity index is 1210. The van der Waals surface area contributed by atoms with Crippen LogP contribution in [-0.2, 0) is 0 Å². The molecule has 2 aliphatic rings. The number of benzene rings is 1. The minimum atomic E-state index is -1.10. The Morgan fingerprint density at radius 3 is 2.65 bits per heavy atom. The van der Waals surface area contributed by atoms with Crippen LogP contribution in [0.4, 0.5) is 29.7 Å². The van der Waals surface area contributed by atoms with Crippen LogP contribution in [0.2, 0.25) is 0 Å². The fourth-order valence-corrected chi connectivity index (χ4v) is 5.07. The van der Waals surface area contributed by atoms with Crippen LogP contribution in [0.1, 0.15) is 42.2 Å². The first-order valence-corrected chi connectivity index (χ1v) is 11.9. The van der Waals surface area contributed by atoms with Crippen LogP contribution in [0.5, 0.6) is 0 Å².